The van der Waals surface area contributed by atoms with E-state index in [0.717, 1.165) is 3.57 Å². The second kappa shape index (κ2) is 9.75. The van der Waals surface area contributed by atoms with Gasteiger partial charge in [0.1, 0.15) is 11.6 Å². The summed E-state index contributed by atoms with van der Waals surface area (Å²) in [5.74, 6) is -0.667. The van der Waals surface area contributed by atoms with Crippen molar-refractivity contribution in [1.29, 1.82) is 5.26 Å². The van der Waals surface area contributed by atoms with Crippen LogP contribution in [0.5, 0.6) is 11.5 Å². The van der Waals surface area contributed by atoms with Crippen LogP contribution in [0, 0.1) is 14.9 Å². The minimum Gasteiger partial charge on any atom is -0.493 e. The first kappa shape index (κ1) is 21.2. The van der Waals surface area contributed by atoms with Crippen molar-refractivity contribution in [3.05, 3.63) is 56.7 Å². The first-order chi connectivity index (χ1) is 13.4. The summed E-state index contributed by atoms with van der Waals surface area (Å²) < 4.78 is 11.7. The van der Waals surface area contributed by atoms with Crippen LogP contribution in [0.3, 0.4) is 0 Å². The molecule has 0 bridgehead atoms. The summed E-state index contributed by atoms with van der Waals surface area (Å²) in [5, 5.41) is 20.9. The fourth-order valence-electron chi connectivity index (χ4n) is 2.35. The van der Waals surface area contributed by atoms with Crippen molar-refractivity contribution in [3.63, 3.8) is 0 Å². The van der Waals surface area contributed by atoms with Crippen molar-refractivity contribution in [2.75, 3.05) is 19.0 Å². The molecule has 1 amide bonds. The largest absolute Gasteiger partial charge is 0.493 e. The smallest absolute Gasteiger partial charge is 0.335 e. The van der Waals surface area contributed by atoms with E-state index in [2.05, 4.69) is 27.9 Å². The van der Waals surface area contributed by atoms with Crippen LogP contribution in [0.2, 0.25) is 0 Å². The third-order valence-corrected chi connectivity index (χ3v) is 4.39. The number of ether oxygens (including phenoxy) is 2. The van der Waals surface area contributed by atoms with Gasteiger partial charge in [-0.2, -0.15) is 5.26 Å². The minimum absolute atomic E-state index is 0.0334. The second-order valence-electron chi connectivity index (χ2n) is 5.48. The first-order valence-corrected chi connectivity index (χ1v) is 9.24. The Hall–Kier alpha value is -3.06. The van der Waals surface area contributed by atoms with Crippen molar-refractivity contribution >= 4 is 46.2 Å². The number of nitrogens with zero attached hydrogens (tertiary/aromatic N) is 1. The molecule has 0 fully saturated rings. The van der Waals surface area contributed by atoms with Crippen molar-refractivity contribution in [3.8, 4) is 17.6 Å². The van der Waals surface area contributed by atoms with Crippen LogP contribution in [-0.2, 0) is 4.79 Å². The number of hydrogen-bond acceptors (Lipinski definition) is 5. The molecule has 0 spiro atoms. The molecule has 8 heteroatoms. The van der Waals surface area contributed by atoms with E-state index in [1.54, 1.807) is 18.2 Å². The number of carbonyl (C=O) groups excluding carboxylic acids is 1. The van der Waals surface area contributed by atoms with Gasteiger partial charge < -0.3 is 19.9 Å². The number of halogens is 1. The highest BCUT2D eigenvalue weighted by Crippen LogP contribution is 2.34. The summed E-state index contributed by atoms with van der Waals surface area (Å²) in [7, 11) is 1.51. The number of hydrogen-bond donors (Lipinski definition) is 2. The lowest BCUT2D eigenvalue weighted by atomic mass is 10.1. The molecule has 2 aromatic carbocycles. The zero-order chi connectivity index (χ0) is 20.7. The highest BCUT2D eigenvalue weighted by atomic mass is 127. The summed E-state index contributed by atoms with van der Waals surface area (Å²) in [5.41, 5.74) is 0.773. The van der Waals surface area contributed by atoms with Gasteiger partial charge in [-0.3, -0.25) is 4.79 Å². The Kier molecular flexibility index (Phi) is 7.40. The summed E-state index contributed by atoms with van der Waals surface area (Å²) in [6, 6.07) is 11.1. The van der Waals surface area contributed by atoms with Gasteiger partial charge in [0, 0.05) is 5.69 Å². The van der Waals surface area contributed by atoms with Crippen LogP contribution in [0.4, 0.5) is 5.69 Å². The molecule has 0 heterocycles. The number of carbonyl (C=O) groups is 2. The van der Waals surface area contributed by atoms with E-state index >= 15 is 0 Å². The van der Waals surface area contributed by atoms with Gasteiger partial charge in [-0.1, -0.05) is 6.07 Å². The van der Waals surface area contributed by atoms with Gasteiger partial charge in [0.25, 0.3) is 5.91 Å². The number of carboxylic acids is 1. The standard InChI is InChI=1S/C20H17IN2O5/c1-3-28-18-16(21)8-12(9-17(18)27-2)7-14(11-22)19(24)23-15-6-4-5-13(10-15)20(25)26/h4-10H,3H2,1-2H3,(H,23,24)(H,25,26)/b14-7+. The molecule has 7 nitrogen and oxygen atoms in total. The molecule has 0 aliphatic carbocycles. The van der Waals surface area contributed by atoms with Crippen LogP contribution in [0.25, 0.3) is 6.08 Å². The van der Waals surface area contributed by atoms with Gasteiger partial charge in [0.15, 0.2) is 11.5 Å². The third-order valence-electron chi connectivity index (χ3n) is 3.58. The molecule has 0 saturated carbocycles. The van der Waals surface area contributed by atoms with E-state index in [4.69, 9.17) is 14.6 Å². The lowest BCUT2D eigenvalue weighted by molar-refractivity contribution is -0.112. The molecule has 0 unspecified atom stereocenters. The Morgan fingerprint density at radius 3 is 2.68 bits per heavy atom. The fraction of sp³-hybridized carbons (Fsp3) is 0.150. The molecule has 0 atom stereocenters. The van der Waals surface area contributed by atoms with Crippen LogP contribution in [0.1, 0.15) is 22.8 Å². The van der Waals surface area contributed by atoms with Crippen molar-refractivity contribution < 1.29 is 24.2 Å². The number of anilines is 1. The molecule has 0 saturated heterocycles. The third kappa shape index (κ3) is 5.23. The molecule has 0 aliphatic heterocycles. The summed E-state index contributed by atoms with van der Waals surface area (Å²) in [6.45, 7) is 2.34. The Morgan fingerprint density at radius 1 is 1.32 bits per heavy atom. The zero-order valence-corrected chi connectivity index (χ0v) is 17.3. The Balaban J connectivity index is 2.32. The quantitative estimate of drug-likeness (QED) is 0.345. The fourth-order valence-corrected chi connectivity index (χ4v) is 3.13. The average Bonchev–Trinajstić information content (AvgIpc) is 2.67. The number of nitrogens with one attached hydrogen (secondary N) is 1. The predicted molar refractivity (Wildman–Crippen MR) is 113 cm³/mol. The highest BCUT2D eigenvalue weighted by Gasteiger charge is 2.14. The Labute approximate surface area is 175 Å². The van der Waals surface area contributed by atoms with Crippen LogP contribution in [-0.4, -0.2) is 30.7 Å². The highest BCUT2D eigenvalue weighted by molar-refractivity contribution is 14.1. The van der Waals surface area contributed by atoms with E-state index in [9.17, 15) is 14.9 Å². The minimum atomic E-state index is -1.11. The first-order valence-electron chi connectivity index (χ1n) is 8.16. The molecular formula is C20H17IN2O5. The number of rotatable bonds is 7. The maximum Gasteiger partial charge on any atom is 0.335 e. The van der Waals surface area contributed by atoms with Crippen LogP contribution in [0.15, 0.2) is 42.0 Å². The summed E-state index contributed by atoms with van der Waals surface area (Å²) in [6.07, 6.45) is 1.43. The maximum absolute atomic E-state index is 12.4. The Morgan fingerprint density at radius 2 is 2.07 bits per heavy atom. The summed E-state index contributed by atoms with van der Waals surface area (Å²) >= 11 is 2.09. The van der Waals surface area contributed by atoms with E-state index in [1.807, 2.05) is 13.0 Å². The number of carboxylic acid groups (broad SMARTS) is 1. The maximum atomic E-state index is 12.4. The summed E-state index contributed by atoms with van der Waals surface area (Å²) in [4.78, 5) is 23.5. The van der Waals surface area contributed by atoms with Crippen LogP contribution < -0.4 is 14.8 Å². The van der Waals surface area contributed by atoms with E-state index in [0.29, 0.717) is 23.7 Å². The lowest BCUT2D eigenvalue weighted by Crippen LogP contribution is -2.14. The van der Waals surface area contributed by atoms with Gasteiger partial charge in [0.05, 0.1) is 22.9 Å². The molecule has 28 heavy (non-hydrogen) atoms. The Bertz CT molecular complexity index is 979. The molecule has 0 radical (unpaired) electrons. The number of benzene rings is 2. The van der Waals surface area contributed by atoms with Crippen LogP contribution >= 0.6 is 22.6 Å². The van der Waals surface area contributed by atoms with Crippen molar-refractivity contribution in [2.45, 2.75) is 6.92 Å². The van der Waals surface area contributed by atoms with E-state index in [-0.39, 0.29) is 16.8 Å². The molecule has 2 N–H and O–H groups in total. The second-order valence-corrected chi connectivity index (χ2v) is 6.64. The number of methoxy groups -OCH3 is 1. The molecular weight excluding hydrogens is 475 g/mol. The molecule has 144 valence electrons. The lowest BCUT2D eigenvalue weighted by Gasteiger charge is -2.12. The average molecular weight is 492 g/mol. The molecule has 0 aliphatic rings. The predicted octanol–water partition coefficient (Wildman–Crippen LogP) is 3.94. The molecule has 2 aromatic rings. The van der Waals surface area contributed by atoms with Gasteiger partial charge >= 0.3 is 5.97 Å². The van der Waals surface area contributed by atoms with Gasteiger partial charge in [0.2, 0.25) is 0 Å². The van der Waals surface area contributed by atoms with Crippen molar-refractivity contribution in [2.24, 2.45) is 0 Å². The SMILES string of the molecule is CCOc1c(I)cc(/C=C(\C#N)C(=O)Nc2cccc(C(=O)O)c2)cc1OC. The van der Waals surface area contributed by atoms with E-state index < -0.39 is 11.9 Å². The number of aromatic carboxylic acids is 1. The topological polar surface area (TPSA) is 109 Å². The monoisotopic (exact) mass is 492 g/mol. The number of nitriles is 1. The van der Waals surface area contributed by atoms with E-state index in [1.165, 1.54) is 31.4 Å². The molecule has 0 aromatic heterocycles. The van der Waals surface area contributed by atoms with Gasteiger partial charge in [-0.05, 0) is 71.5 Å². The van der Waals surface area contributed by atoms with Crippen molar-refractivity contribution in [1.82, 2.24) is 0 Å². The zero-order valence-electron chi connectivity index (χ0n) is 15.2. The number of amides is 1. The molecule has 2 rings (SSSR count). The normalized spacial score (nSPS) is 10.7. The van der Waals surface area contributed by atoms with Gasteiger partial charge in [-0.15, -0.1) is 0 Å². The van der Waals surface area contributed by atoms with Gasteiger partial charge in [-0.25, -0.2) is 4.79 Å².